The third-order valence-corrected chi connectivity index (χ3v) is 4.38. The van der Waals surface area contributed by atoms with Crippen molar-refractivity contribution in [3.63, 3.8) is 0 Å². The maximum atomic E-state index is 10.9. The Hall–Kier alpha value is -0.810. The van der Waals surface area contributed by atoms with Crippen molar-refractivity contribution in [2.45, 2.75) is 44.8 Å². The quantitative estimate of drug-likeness (QED) is 0.834. The molecule has 22 heavy (non-hydrogen) atoms. The van der Waals surface area contributed by atoms with Crippen LogP contribution in [0.3, 0.4) is 0 Å². The van der Waals surface area contributed by atoms with Crippen LogP contribution in [0.4, 0.5) is 0 Å². The molecule has 122 valence electrons. The van der Waals surface area contributed by atoms with Crippen molar-refractivity contribution in [3.05, 3.63) is 33.8 Å². The minimum absolute atomic E-state index is 0.140. The molecule has 0 aromatic heterocycles. The van der Waals surface area contributed by atoms with Gasteiger partial charge in [0.15, 0.2) is 0 Å². The van der Waals surface area contributed by atoms with Crippen LogP contribution in [0.5, 0.6) is 0 Å². The highest BCUT2D eigenvalue weighted by molar-refractivity contribution is 6.34. The molecule has 1 aliphatic rings. The summed E-state index contributed by atoms with van der Waals surface area (Å²) in [5.74, 6) is -0.254. The number of hydrogen-bond donors (Lipinski definition) is 2. The molecule has 0 saturated carbocycles. The maximum Gasteiger partial charge on any atom is 0.218 e. The number of benzene rings is 1. The first-order valence-electron chi connectivity index (χ1n) is 7.64. The van der Waals surface area contributed by atoms with Crippen molar-refractivity contribution in [1.82, 2.24) is 10.2 Å². The smallest absolute Gasteiger partial charge is 0.218 e. The molecule has 1 heterocycles. The fourth-order valence-corrected chi connectivity index (χ4v) is 3.55. The van der Waals surface area contributed by atoms with Gasteiger partial charge in [-0.2, -0.15) is 0 Å². The summed E-state index contributed by atoms with van der Waals surface area (Å²) in [6.07, 6.45) is 2.52. The van der Waals surface area contributed by atoms with Gasteiger partial charge in [0.05, 0.1) is 0 Å². The van der Waals surface area contributed by atoms with Gasteiger partial charge in [-0.3, -0.25) is 9.69 Å². The molecule has 1 aromatic rings. The molecule has 0 radical (unpaired) electrons. The molecule has 6 heteroatoms. The van der Waals surface area contributed by atoms with E-state index in [9.17, 15) is 4.79 Å². The van der Waals surface area contributed by atoms with Crippen LogP contribution in [0.1, 0.15) is 31.7 Å². The Labute approximate surface area is 141 Å². The number of nitrogens with two attached hydrogens (primary N) is 1. The highest BCUT2D eigenvalue weighted by atomic mass is 35.5. The topological polar surface area (TPSA) is 58.4 Å². The zero-order valence-electron chi connectivity index (χ0n) is 12.8. The lowest BCUT2D eigenvalue weighted by molar-refractivity contribution is -0.118. The van der Waals surface area contributed by atoms with Crippen molar-refractivity contribution < 1.29 is 4.79 Å². The summed E-state index contributed by atoms with van der Waals surface area (Å²) in [6.45, 7) is 4.91. The van der Waals surface area contributed by atoms with E-state index < -0.39 is 0 Å². The number of carbonyl (C=O) groups excluding carboxylic acids is 1. The number of carbonyl (C=O) groups is 1. The lowest BCUT2D eigenvalue weighted by Gasteiger charge is -2.33. The minimum Gasteiger partial charge on any atom is -0.370 e. The van der Waals surface area contributed by atoms with Gasteiger partial charge >= 0.3 is 0 Å². The summed E-state index contributed by atoms with van der Waals surface area (Å²) in [6, 6.07) is 6.27. The zero-order valence-corrected chi connectivity index (χ0v) is 14.3. The van der Waals surface area contributed by atoms with Gasteiger partial charge < -0.3 is 11.1 Å². The molecule has 0 bridgehead atoms. The number of rotatable bonds is 6. The van der Waals surface area contributed by atoms with E-state index in [-0.39, 0.29) is 11.9 Å². The standard InChI is InChI=1S/C16H23Cl2N3O/c1-11(6-16(19)22)20-15-2-4-21(5-3-15)10-12-7-13(17)9-14(18)8-12/h7-9,11,15,20H,2-6,10H2,1H3,(H2,19,22)/t11-/m1/s1. The van der Waals surface area contributed by atoms with Crippen LogP contribution in [0.15, 0.2) is 18.2 Å². The molecule has 1 fully saturated rings. The summed E-state index contributed by atoms with van der Waals surface area (Å²) in [4.78, 5) is 13.3. The normalized spacial score (nSPS) is 18.3. The number of piperidine rings is 1. The Kier molecular flexibility index (Phi) is 6.50. The molecule has 4 nitrogen and oxygen atoms in total. The van der Waals surface area contributed by atoms with E-state index in [2.05, 4.69) is 10.2 Å². The highest BCUT2D eigenvalue weighted by Gasteiger charge is 2.21. The molecule has 3 N–H and O–H groups in total. The van der Waals surface area contributed by atoms with Gasteiger partial charge in [-0.1, -0.05) is 23.2 Å². The molecule has 1 amide bonds. The molecular weight excluding hydrogens is 321 g/mol. The second-order valence-corrected chi connectivity index (χ2v) is 6.94. The predicted octanol–water partition coefficient (Wildman–Crippen LogP) is 2.81. The molecule has 0 unspecified atom stereocenters. The van der Waals surface area contributed by atoms with Gasteiger partial charge in [0.1, 0.15) is 0 Å². The van der Waals surface area contributed by atoms with Gasteiger partial charge in [0.25, 0.3) is 0 Å². The Morgan fingerprint density at radius 1 is 1.32 bits per heavy atom. The Morgan fingerprint density at radius 3 is 2.45 bits per heavy atom. The number of nitrogens with one attached hydrogen (secondary N) is 1. The number of halogens is 2. The lowest BCUT2D eigenvalue weighted by atomic mass is 10.0. The van der Waals surface area contributed by atoms with Crippen LogP contribution >= 0.6 is 23.2 Å². The molecule has 0 spiro atoms. The maximum absolute atomic E-state index is 10.9. The summed E-state index contributed by atoms with van der Waals surface area (Å²) in [7, 11) is 0. The SMILES string of the molecule is C[C@H](CC(N)=O)NC1CCN(Cc2cc(Cl)cc(Cl)c2)CC1. The van der Waals surface area contributed by atoms with Gasteiger partial charge in [-0.25, -0.2) is 0 Å². The van der Waals surface area contributed by atoms with Crippen LogP contribution in [0.2, 0.25) is 10.0 Å². The van der Waals surface area contributed by atoms with E-state index in [1.807, 2.05) is 19.1 Å². The number of nitrogens with zero attached hydrogens (tertiary/aromatic N) is 1. The second kappa shape index (κ2) is 8.16. The molecule has 2 rings (SSSR count). The van der Waals surface area contributed by atoms with Crippen molar-refractivity contribution in [1.29, 1.82) is 0 Å². The fraction of sp³-hybridized carbons (Fsp3) is 0.562. The first kappa shape index (κ1) is 17.5. The van der Waals surface area contributed by atoms with E-state index in [1.54, 1.807) is 6.07 Å². The van der Waals surface area contributed by atoms with E-state index >= 15 is 0 Å². The van der Waals surface area contributed by atoms with Gasteiger partial charge in [-0.15, -0.1) is 0 Å². The number of amides is 1. The largest absolute Gasteiger partial charge is 0.370 e. The van der Waals surface area contributed by atoms with Crippen LogP contribution in [-0.4, -0.2) is 36.0 Å². The van der Waals surface area contributed by atoms with E-state index in [4.69, 9.17) is 28.9 Å². The van der Waals surface area contributed by atoms with E-state index in [0.717, 1.165) is 38.0 Å². The number of likely N-dealkylation sites (tertiary alicyclic amines) is 1. The molecule has 0 aliphatic carbocycles. The average Bonchev–Trinajstić information content (AvgIpc) is 2.39. The molecule has 1 atom stereocenters. The fourth-order valence-electron chi connectivity index (χ4n) is 2.98. The van der Waals surface area contributed by atoms with Crippen molar-refractivity contribution in [3.8, 4) is 0 Å². The predicted molar refractivity (Wildman–Crippen MR) is 91.2 cm³/mol. The van der Waals surface area contributed by atoms with Crippen LogP contribution in [0.25, 0.3) is 0 Å². The van der Waals surface area contributed by atoms with Crippen LogP contribution < -0.4 is 11.1 Å². The first-order valence-corrected chi connectivity index (χ1v) is 8.39. The Bertz CT molecular complexity index is 496. The molecule has 1 aliphatic heterocycles. The summed E-state index contributed by atoms with van der Waals surface area (Å²) in [5, 5.41) is 4.84. The molecular formula is C16H23Cl2N3O. The number of primary amides is 1. The third kappa shape index (κ3) is 5.76. The summed E-state index contributed by atoms with van der Waals surface area (Å²) in [5.41, 5.74) is 6.37. The first-order chi connectivity index (χ1) is 10.4. The van der Waals surface area contributed by atoms with E-state index in [0.29, 0.717) is 22.5 Å². The average molecular weight is 344 g/mol. The molecule has 1 saturated heterocycles. The minimum atomic E-state index is -0.254. The van der Waals surface area contributed by atoms with Gasteiger partial charge in [-0.05, 0) is 56.6 Å². The van der Waals surface area contributed by atoms with Crippen LogP contribution in [0, 0.1) is 0 Å². The van der Waals surface area contributed by atoms with Gasteiger partial charge in [0, 0.05) is 35.1 Å². The lowest BCUT2D eigenvalue weighted by Crippen LogP contribution is -2.46. The van der Waals surface area contributed by atoms with Gasteiger partial charge in [0.2, 0.25) is 5.91 Å². The monoisotopic (exact) mass is 343 g/mol. The van der Waals surface area contributed by atoms with Crippen molar-refractivity contribution in [2.75, 3.05) is 13.1 Å². The highest BCUT2D eigenvalue weighted by Crippen LogP contribution is 2.21. The number of hydrogen-bond acceptors (Lipinski definition) is 3. The second-order valence-electron chi connectivity index (χ2n) is 6.07. The van der Waals surface area contributed by atoms with E-state index in [1.165, 1.54) is 0 Å². The van der Waals surface area contributed by atoms with Crippen molar-refractivity contribution in [2.24, 2.45) is 5.73 Å². The van der Waals surface area contributed by atoms with Crippen LogP contribution in [-0.2, 0) is 11.3 Å². The summed E-state index contributed by atoms with van der Waals surface area (Å²) < 4.78 is 0. The third-order valence-electron chi connectivity index (χ3n) is 3.94. The molecule has 1 aromatic carbocycles. The summed E-state index contributed by atoms with van der Waals surface area (Å²) >= 11 is 12.1. The van der Waals surface area contributed by atoms with Crippen molar-refractivity contribution >= 4 is 29.1 Å². The Balaban J connectivity index is 1.78. The Morgan fingerprint density at radius 2 is 1.91 bits per heavy atom. The zero-order chi connectivity index (χ0) is 16.1.